The number of sulfonamides is 1. The Labute approximate surface area is 130 Å². The van der Waals surface area contributed by atoms with Crippen LogP contribution in [0.25, 0.3) is 0 Å². The quantitative estimate of drug-likeness (QED) is 0.698. The van der Waals surface area contributed by atoms with Crippen LogP contribution in [-0.2, 0) is 16.6 Å². The van der Waals surface area contributed by atoms with E-state index in [1.165, 1.54) is 0 Å². The van der Waals surface area contributed by atoms with Crippen LogP contribution in [0.5, 0.6) is 0 Å². The molecule has 0 fully saturated rings. The first-order chi connectivity index (χ1) is 9.36. The van der Waals surface area contributed by atoms with E-state index in [4.69, 9.17) is 0 Å². The summed E-state index contributed by atoms with van der Waals surface area (Å²) in [4.78, 5) is 0.302. The molecule has 0 spiro atoms. The van der Waals surface area contributed by atoms with Crippen molar-refractivity contribution in [2.75, 3.05) is 6.54 Å². The highest BCUT2D eigenvalue weighted by molar-refractivity contribution is 9.10. The normalized spacial score (nSPS) is 12.1. The Kier molecular flexibility index (Phi) is 7.15. The van der Waals surface area contributed by atoms with Crippen LogP contribution in [0.1, 0.15) is 39.2 Å². The molecule has 1 aromatic carbocycles. The highest BCUT2D eigenvalue weighted by Gasteiger charge is 2.17. The molecule has 0 aliphatic rings. The van der Waals surface area contributed by atoms with Crippen LogP contribution in [0, 0.1) is 0 Å². The van der Waals surface area contributed by atoms with Gasteiger partial charge in [-0.15, -0.1) is 0 Å². The maximum Gasteiger partial charge on any atom is 0.241 e. The van der Waals surface area contributed by atoms with Crippen molar-refractivity contribution in [1.29, 1.82) is 0 Å². The smallest absolute Gasteiger partial charge is 0.241 e. The van der Waals surface area contributed by atoms with Crippen molar-refractivity contribution in [3.8, 4) is 0 Å². The topological polar surface area (TPSA) is 58.2 Å². The third kappa shape index (κ3) is 5.52. The third-order valence-electron chi connectivity index (χ3n) is 2.82. The molecule has 1 rings (SSSR count). The highest BCUT2D eigenvalue weighted by atomic mass is 79.9. The van der Waals surface area contributed by atoms with Crippen LogP contribution < -0.4 is 10.0 Å². The van der Waals surface area contributed by atoms with E-state index in [0.29, 0.717) is 28.5 Å². The maximum absolute atomic E-state index is 12.3. The number of unbranched alkanes of at least 4 members (excludes halogenated alkanes) is 1. The monoisotopic (exact) mass is 362 g/mol. The fraction of sp³-hybridized carbons (Fsp3) is 0.571. The second kappa shape index (κ2) is 8.12. The number of rotatable bonds is 8. The molecule has 114 valence electrons. The number of hydrogen-bond donors (Lipinski definition) is 2. The first kappa shape index (κ1) is 17.6. The van der Waals surface area contributed by atoms with E-state index in [-0.39, 0.29) is 0 Å². The lowest BCUT2D eigenvalue weighted by Gasteiger charge is -2.12. The van der Waals surface area contributed by atoms with Crippen molar-refractivity contribution in [2.45, 2.75) is 51.1 Å². The van der Waals surface area contributed by atoms with E-state index in [1.54, 1.807) is 12.1 Å². The standard InChI is InChI=1S/C14H23BrN2O2S/c1-4-5-8-17-20(18,19)14-9-12(6-7-13(14)15)10-16-11(2)3/h6-7,9,11,16-17H,4-5,8,10H2,1-3H3. The van der Waals surface area contributed by atoms with Crippen molar-refractivity contribution < 1.29 is 8.42 Å². The Morgan fingerprint density at radius 2 is 2.00 bits per heavy atom. The van der Waals surface area contributed by atoms with Gasteiger partial charge in [0, 0.05) is 23.6 Å². The zero-order valence-corrected chi connectivity index (χ0v) is 14.6. The summed E-state index contributed by atoms with van der Waals surface area (Å²) in [7, 11) is -3.45. The molecule has 1 aromatic rings. The molecule has 0 saturated carbocycles. The fourth-order valence-corrected chi connectivity index (χ4v) is 3.73. The van der Waals surface area contributed by atoms with E-state index >= 15 is 0 Å². The van der Waals surface area contributed by atoms with Gasteiger partial charge in [-0.3, -0.25) is 0 Å². The zero-order valence-electron chi connectivity index (χ0n) is 12.2. The predicted molar refractivity (Wildman–Crippen MR) is 86.2 cm³/mol. The summed E-state index contributed by atoms with van der Waals surface area (Å²) in [5, 5.41) is 3.28. The number of nitrogens with one attached hydrogen (secondary N) is 2. The summed E-state index contributed by atoms with van der Waals surface area (Å²) in [5.74, 6) is 0. The van der Waals surface area contributed by atoms with Crippen molar-refractivity contribution in [3.63, 3.8) is 0 Å². The van der Waals surface area contributed by atoms with Crippen LogP contribution in [0.3, 0.4) is 0 Å². The van der Waals surface area contributed by atoms with Gasteiger partial charge in [-0.2, -0.15) is 0 Å². The maximum atomic E-state index is 12.3. The molecule has 0 amide bonds. The molecule has 4 nitrogen and oxygen atoms in total. The first-order valence-corrected chi connectivity index (χ1v) is 9.16. The van der Waals surface area contributed by atoms with E-state index in [1.807, 2.05) is 13.0 Å². The van der Waals surface area contributed by atoms with Crippen molar-refractivity contribution in [1.82, 2.24) is 10.0 Å². The molecular formula is C14H23BrN2O2S. The fourth-order valence-electron chi connectivity index (χ4n) is 1.65. The summed E-state index contributed by atoms with van der Waals surface area (Å²) in [5.41, 5.74) is 0.956. The molecule has 0 aliphatic carbocycles. The van der Waals surface area contributed by atoms with Gasteiger partial charge in [-0.25, -0.2) is 13.1 Å². The van der Waals surface area contributed by atoms with Crippen LogP contribution in [0.15, 0.2) is 27.6 Å². The van der Waals surface area contributed by atoms with Gasteiger partial charge in [0.1, 0.15) is 0 Å². The molecule has 20 heavy (non-hydrogen) atoms. The van der Waals surface area contributed by atoms with E-state index in [2.05, 4.69) is 39.8 Å². The average molecular weight is 363 g/mol. The van der Waals surface area contributed by atoms with Crippen molar-refractivity contribution in [3.05, 3.63) is 28.2 Å². The first-order valence-electron chi connectivity index (χ1n) is 6.88. The SMILES string of the molecule is CCCCNS(=O)(=O)c1cc(CNC(C)C)ccc1Br. The Bertz CT molecular complexity index is 530. The van der Waals surface area contributed by atoms with E-state index < -0.39 is 10.0 Å². The third-order valence-corrected chi connectivity index (χ3v) is 5.28. The van der Waals surface area contributed by atoms with Crippen LogP contribution in [-0.4, -0.2) is 21.0 Å². The van der Waals surface area contributed by atoms with Gasteiger partial charge in [0.25, 0.3) is 0 Å². The minimum Gasteiger partial charge on any atom is -0.310 e. The Morgan fingerprint density at radius 1 is 1.30 bits per heavy atom. The minimum absolute atomic E-state index is 0.302. The molecule has 0 bridgehead atoms. The van der Waals surface area contributed by atoms with Crippen LogP contribution >= 0.6 is 15.9 Å². The molecule has 0 heterocycles. The Hall–Kier alpha value is -0.430. The Morgan fingerprint density at radius 3 is 2.60 bits per heavy atom. The van der Waals surface area contributed by atoms with Gasteiger partial charge >= 0.3 is 0 Å². The summed E-state index contributed by atoms with van der Waals surface area (Å²) in [6, 6.07) is 5.78. The molecule has 0 saturated heterocycles. The molecule has 0 unspecified atom stereocenters. The van der Waals surface area contributed by atoms with Gasteiger partial charge < -0.3 is 5.32 Å². The lowest BCUT2D eigenvalue weighted by atomic mass is 10.2. The summed E-state index contributed by atoms with van der Waals surface area (Å²) < 4.78 is 27.7. The summed E-state index contributed by atoms with van der Waals surface area (Å²) >= 11 is 3.32. The molecule has 2 N–H and O–H groups in total. The molecule has 0 aromatic heterocycles. The predicted octanol–water partition coefficient (Wildman–Crippen LogP) is 3.03. The number of halogens is 1. The van der Waals surface area contributed by atoms with Crippen molar-refractivity contribution in [2.24, 2.45) is 0 Å². The van der Waals surface area contributed by atoms with Gasteiger partial charge in [-0.05, 0) is 40.0 Å². The van der Waals surface area contributed by atoms with Crippen LogP contribution in [0.4, 0.5) is 0 Å². The largest absolute Gasteiger partial charge is 0.310 e. The van der Waals surface area contributed by atoms with Crippen LogP contribution in [0.2, 0.25) is 0 Å². The lowest BCUT2D eigenvalue weighted by molar-refractivity contribution is 0.576. The molecule has 6 heteroatoms. The summed E-state index contributed by atoms with van der Waals surface area (Å²) in [6.45, 7) is 7.27. The minimum atomic E-state index is -3.45. The second-order valence-electron chi connectivity index (χ2n) is 5.05. The van der Waals surface area contributed by atoms with Crippen molar-refractivity contribution >= 4 is 26.0 Å². The van der Waals surface area contributed by atoms with Gasteiger partial charge in [0.05, 0.1) is 4.90 Å². The second-order valence-corrected chi connectivity index (χ2v) is 7.64. The van der Waals surface area contributed by atoms with E-state index in [0.717, 1.165) is 18.4 Å². The summed E-state index contributed by atoms with van der Waals surface area (Å²) in [6.07, 6.45) is 1.80. The van der Waals surface area contributed by atoms with E-state index in [9.17, 15) is 8.42 Å². The average Bonchev–Trinajstić information content (AvgIpc) is 2.37. The number of hydrogen-bond acceptors (Lipinski definition) is 3. The Balaban J connectivity index is 2.89. The molecule has 0 aliphatic heterocycles. The molecule has 0 radical (unpaired) electrons. The van der Waals surface area contributed by atoms with Gasteiger partial charge in [0.2, 0.25) is 10.0 Å². The van der Waals surface area contributed by atoms with Gasteiger partial charge in [-0.1, -0.05) is 33.3 Å². The number of benzene rings is 1. The van der Waals surface area contributed by atoms with Gasteiger partial charge in [0.15, 0.2) is 0 Å². The highest BCUT2D eigenvalue weighted by Crippen LogP contribution is 2.23. The molecule has 0 atom stereocenters. The molecular weight excluding hydrogens is 340 g/mol. The lowest BCUT2D eigenvalue weighted by Crippen LogP contribution is -2.26. The zero-order chi connectivity index (χ0) is 15.2.